The van der Waals surface area contributed by atoms with Crippen LogP contribution >= 0.6 is 11.6 Å². The first-order valence-corrected chi connectivity index (χ1v) is 6.56. The average molecular weight is 302 g/mol. The highest BCUT2D eigenvalue weighted by Crippen LogP contribution is 2.32. The average Bonchev–Trinajstić information content (AvgIpc) is 2.33. The molecule has 0 atom stereocenters. The van der Waals surface area contributed by atoms with Crippen molar-refractivity contribution in [3.8, 4) is 5.75 Å². The second-order valence-corrected chi connectivity index (χ2v) is 5.59. The molecule has 0 aliphatic rings. The maximum absolute atomic E-state index is 11.7. The summed E-state index contributed by atoms with van der Waals surface area (Å²) >= 11 is 6.05. The molecular weight excluding hydrogens is 282 g/mol. The van der Waals surface area contributed by atoms with Crippen LogP contribution in [0.25, 0.3) is 0 Å². The molecule has 0 saturated carbocycles. The van der Waals surface area contributed by atoms with Crippen LogP contribution in [-0.2, 0) is 9.47 Å². The molecule has 0 unspecified atom stereocenters. The van der Waals surface area contributed by atoms with E-state index in [1.54, 1.807) is 0 Å². The fourth-order valence-electron chi connectivity index (χ4n) is 1.51. The number of nitrogen functional groups attached to an aromatic ring is 1. The summed E-state index contributed by atoms with van der Waals surface area (Å²) in [5.41, 5.74) is 5.98. The first-order valence-electron chi connectivity index (χ1n) is 6.18. The van der Waals surface area contributed by atoms with Gasteiger partial charge in [-0.2, -0.15) is 0 Å². The fourth-order valence-corrected chi connectivity index (χ4v) is 1.80. The number of hydrogen-bond acceptors (Lipinski definition) is 5. The van der Waals surface area contributed by atoms with Crippen molar-refractivity contribution in [2.45, 2.75) is 26.4 Å². The van der Waals surface area contributed by atoms with Gasteiger partial charge in [0.05, 0.1) is 24.3 Å². The van der Waals surface area contributed by atoms with Crippen molar-refractivity contribution in [2.75, 3.05) is 26.1 Å². The van der Waals surface area contributed by atoms with E-state index < -0.39 is 5.97 Å². The largest absolute Gasteiger partial charge is 0.489 e. The van der Waals surface area contributed by atoms with Crippen LogP contribution in [0, 0.1) is 0 Å². The first kappa shape index (κ1) is 16.6. The third-order valence-corrected chi connectivity index (χ3v) is 2.62. The summed E-state index contributed by atoms with van der Waals surface area (Å²) < 4.78 is 15.7. The lowest BCUT2D eigenvalue weighted by molar-refractivity contribution is -0.0164. The SMILES string of the molecule is COC(=O)c1cc(N)cc(Cl)c1OCCOC(C)(C)C. The van der Waals surface area contributed by atoms with Gasteiger partial charge < -0.3 is 19.9 Å². The predicted octanol–water partition coefficient (Wildman–Crippen LogP) is 2.90. The van der Waals surface area contributed by atoms with E-state index >= 15 is 0 Å². The topological polar surface area (TPSA) is 70.8 Å². The second kappa shape index (κ2) is 6.81. The van der Waals surface area contributed by atoms with Crippen molar-refractivity contribution in [1.82, 2.24) is 0 Å². The van der Waals surface area contributed by atoms with E-state index in [0.717, 1.165) is 0 Å². The molecule has 0 heterocycles. The van der Waals surface area contributed by atoms with Gasteiger partial charge in [-0.15, -0.1) is 0 Å². The standard InChI is InChI=1S/C14H20ClNO4/c1-14(2,3)20-6-5-19-12-10(13(17)18-4)7-9(16)8-11(12)15/h7-8H,5-6,16H2,1-4H3. The van der Waals surface area contributed by atoms with Crippen LogP contribution in [0.4, 0.5) is 5.69 Å². The van der Waals surface area contributed by atoms with Gasteiger partial charge in [-0.05, 0) is 32.9 Å². The lowest BCUT2D eigenvalue weighted by Crippen LogP contribution is -2.22. The summed E-state index contributed by atoms with van der Waals surface area (Å²) in [4.78, 5) is 11.7. The molecule has 0 fully saturated rings. The molecule has 0 radical (unpaired) electrons. The molecule has 112 valence electrons. The van der Waals surface area contributed by atoms with E-state index in [1.165, 1.54) is 19.2 Å². The van der Waals surface area contributed by atoms with Gasteiger partial charge in [-0.3, -0.25) is 0 Å². The van der Waals surface area contributed by atoms with Gasteiger partial charge in [-0.1, -0.05) is 11.6 Å². The molecule has 2 N–H and O–H groups in total. The van der Waals surface area contributed by atoms with Crippen molar-refractivity contribution >= 4 is 23.3 Å². The minimum absolute atomic E-state index is 0.202. The van der Waals surface area contributed by atoms with Crippen molar-refractivity contribution in [3.63, 3.8) is 0 Å². The highest BCUT2D eigenvalue weighted by atomic mass is 35.5. The minimum atomic E-state index is -0.550. The van der Waals surface area contributed by atoms with E-state index in [9.17, 15) is 4.79 Å². The quantitative estimate of drug-likeness (QED) is 0.514. The van der Waals surface area contributed by atoms with E-state index in [4.69, 9.17) is 26.8 Å². The third-order valence-electron chi connectivity index (χ3n) is 2.34. The van der Waals surface area contributed by atoms with Gasteiger partial charge in [0.2, 0.25) is 0 Å². The monoisotopic (exact) mass is 301 g/mol. The van der Waals surface area contributed by atoms with Crippen molar-refractivity contribution in [3.05, 3.63) is 22.7 Å². The van der Waals surface area contributed by atoms with Crippen LogP contribution in [-0.4, -0.2) is 31.9 Å². The van der Waals surface area contributed by atoms with Crippen LogP contribution in [0.15, 0.2) is 12.1 Å². The molecule has 0 spiro atoms. The Morgan fingerprint density at radius 2 is 1.95 bits per heavy atom. The Morgan fingerprint density at radius 1 is 1.30 bits per heavy atom. The number of hydrogen-bond donors (Lipinski definition) is 1. The van der Waals surface area contributed by atoms with Crippen molar-refractivity contribution < 1.29 is 19.0 Å². The Balaban J connectivity index is 2.80. The Morgan fingerprint density at radius 3 is 2.50 bits per heavy atom. The summed E-state index contributed by atoms with van der Waals surface area (Å²) in [6.45, 7) is 6.49. The minimum Gasteiger partial charge on any atom is -0.489 e. The molecule has 1 aromatic carbocycles. The van der Waals surface area contributed by atoms with Gasteiger partial charge in [0.25, 0.3) is 0 Å². The summed E-state index contributed by atoms with van der Waals surface area (Å²) in [7, 11) is 1.28. The van der Waals surface area contributed by atoms with Gasteiger partial charge in [0.15, 0.2) is 5.75 Å². The molecule has 0 aliphatic carbocycles. The van der Waals surface area contributed by atoms with Gasteiger partial charge in [-0.25, -0.2) is 4.79 Å². The summed E-state index contributed by atoms with van der Waals surface area (Å²) in [6.07, 6.45) is 0. The number of carbonyl (C=O) groups excluding carboxylic acids is 1. The molecule has 20 heavy (non-hydrogen) atoms. The molecule has 1 rings (SSSR count). The van der Waals surface area contributed by atoms with Gasteiger partial charge in [0, 0.05) is 5.69 Å². The molecule has 0 aromatic heterocycles. The number of ether oxygens (including phenoxy) is 3. The maximum atomic E-state index is 11.7. The summed E-state index contributed by atoms with van der Waals surface area (Å²) in [6, 6.07) is 2.99. The number of esters is 1. The lowest BCUT2D eigenvalue weighted by Gasteiger charge is -2.20. The van der Waals surface area contributed by atoms with Crippen molar-refractivity contribution in [1.29, 1.82) is 0 Å². The number of rotatable bonds is 5. The third kappa shape index (κ3) is 4.90. The fraction of sp³-hybridized carbons (Fsp3) is 0.500. The summed E-state index contributed by atoms with van der Waals surface area (Å²) in [5.74, 6) is -0.295. The maximum Gasteiger partial charge on any atom is 0.341 e. The highest BCUT2D eigenvalue weighted by molar-refractivity contribution is 6.33. The van der Waals surface area contributed by atoms with Crippen LogP contribution in [0.3, 0.4) is 0 Å². The number of benzene rings is 1. The van der Waals surface area contributed by atoms with Gasteiger partial charge in [0.1, 0.15) is 12.2 Å². The Labute approximate surface area is 123 Å². The number of methoxy groups -OCH3 is 1. The molecule has 5 nitrogen and oxygen atoms in total. The first-order chi connectivity index (χ1) is 9.24. The molecule has 1 aromatic rings. The van der Waals surface area contributed by atoms with Crippen LogP contribution in [0.5, 0.6) is 5.75 Å². The molecule has 0 saturated heterocycles. The van der Waals surface area contributed by atoms with Crippen LogP contribution in [0.1, 0.15) is 31.1 Å². The number of carbonyl (C=O) groups is 1. The van der Waals surface area contributed by atoms with Crippen molar-refractivity contribution in [2.24, 2.45) is 0 Å². The summed E-state index contributed by atoms with van der Waals surface area (Å²) in [5, 5.41) is 0.265. The van der Waals surface area contributed by atoms with E-state index in [-0.39, 0.29) is 28.5 Å². The van der Waals surface area contributed by atoms with E-state index in [0.29, 0.717) is 12.3 Å². The number of anilines is 1. The smallest absolute Gasteiger partial charge is 0.341 e. The Bertz CT molecular complexity index is 483. The second-order valence-electron chi connectivity index (χ2n) is 5.18. The normalized spacial score (nSPS) is 11.2. The Kier molecular flexibility index (Phi) is 5.65. The van der Waals surface area contributed by atoms with E-state index in [1.807, 2.05) is 20.8 Å². The Hall–Kier alpha value is -1.46. The molecule has 6 heteroatoms. The predicted molar refractivity (Wildman–Crippen MR) is 78.4 cm³/mol. The van der Waals surface area contributed by atoms with Crippen LogP contribution in [0.2, 0.25) is 5.02 Å². The molecule has 0 amide bonds. The molecule has 0 aliphatic heterocycles. The van der Waals surface area contributed by atoms with Crippen LogP contribution < -0.4 is 10.5 Å². The van der Waals surface area contributed by atoms with Gasteiger partial charge >= 0.3 is 5.97 Å². The molecular formula is C14H20ClNO4. The zero-order valence-corrected chi connectivity index (χ0v) is 12.9. The number of halogens is 1. The highest BCUT2D eigenvalue weighted by Gasteiger charge is 2.18. The zero-order valence-electron chi connectivity index (χ0n) is 12.2. The number of nitrogens with two attached hydrogens (primary N) is 1. The molecule has 0 bridgehead atoms. The lowest BCUT2D eigenvalue weighted by atomic mass is 10.2. The van der Waals surface area contributed by atoms with E-state index in [2.05, 4.69) is 4.74 Å². The zero-order chi connectivity index (χ0) is 15.3.